The molecule has 0 fully saturated rings. The Labute approximate surface area is 156 Å². The van der Waals surface area contributed by atoms with Gasteiger partial charge in [0, 0.05) is 22.3 Å². The van der Waals surface area contributed by atoms with E-state index in [9.17, 15) is 10.1 Å². The van der Waals surface area contributed by atoms with Crippen molar-refractivity contribution < 1.29 is 4.79 Å². The Hall–Kier alpha value is -2.16. The largest absolute Gasteiger partial charge is 0.299 e. The van der Waals surface area contributed by atoms with E-state index in [1.165, 1.54) is 5.56 Å². The highest BCUT2D eigenvalue weighted by atomic mass is 32.2. The number of thiophene rings is 1. The molecule has 0 amide bonds. The summed E-state index contributed by atoms with van der Waals surface area (Å²) >= 11 is 3.15. The summed E-state index contributed by atoms with van der Waals surface area (Å²) in [4.78, 5) is 17.9. The van der Waals surface area contributed by atoms with Gasteiger partial charge in [0.2, 0.25) is 0 Å². The minimum Gasteiger partial charge on any atom is -0.299 e. The van der Waals surface area contributed by atoms with Crippen molar-refractivity contribution >= 4 is 34.6 Å². The number of nitriles is 1. The van der Waals surface area contributed by atoms with Crippen LogP contribution in [0.1, 0.15) is 30.2 Å². The number of nitrogens with zero attached hydrogens (tertiary/aromatic N) is 2. The van der Waals surface area contributed by atoms with E-state index in [0.717, 1.165) is 21.4 Å². The van der Waals surface area contributed by atoms with Crippen molar-refractivity contribution in [2.75, 3.05) is 0 Å². The van der Waals surface area contributed by atoms with Gasteiger partial charge in [-0.15, -0.1) is 23.1 Å². The predicted molar refractivity (Wildman–Crippen MR) is 105 cm³/mol. The molecule has 3 nitrogen and oxygen atoms in total. The lowest BCUT2D eigenvalue weighted by Gasteiger charge is -2.29. The fourth-order valence-corrected chi connectivity index (χ4v) is 4.99. The number of hydrogen-bond acceptors (Lipinski definition) is 5. The lowest BCUT2D eigenvalue weighted by atomic mass is 9.79. The highest BCUT2D eigenvalue weighted by Gasteiger charge is 2.38. The smallest absolute Gasteiger partial charge is 0.139 e. The number of allylic oxidation sites excluding steroid dienone is 1. The first-order chi connectivity index (χ1) is 12.1. The summed E-state index contributed by atoms with van der Waals surface area (Å²) in [6, 6.07) is 16.4. The van der Waals surface area contributed by atoms with Gasteiger partial charge in [0.15, 0.2) is 0 Å². The molecule has 25 heavy (non-hydrogen) atoms. The molecular weight excluding hydrogens is 348 g/mol. The standard InChI is InChI=1S/C20H18N2OS2/c1-13-18(14(2)23)19(17-9-6-10-24-17)16(11-21)20(22-13)25-12-15-7-4-3-5-8-15/h3-10,18-19H,12H2,1-2H3/t18?,19-/m1/s1. The van der Waals surface area contributed by atoms with Crippen LogP contribution in [0.25, 0.3) is 0 Å². The average molecular weight is 367 g/mol. The molecule has 0 radical (unpaired) electrons. The first kappa shape index (κ1) is 17.7. The van der Waals surface area contributed by atoms with E-state index in [0.29, 0.717) is 5.57 Å². The Morgan fingerprint density at radius 3 is 2.64 bits per heavy atom. The zero-order chi connectivity index (χ0) is 17.8. The van der Waals surface area contributed by atoms with Gasteiger partial charge in [-0.1, -0.05) is 36.4 Å². The van der Waals surface area contributed by atoms with Crippen LogP contribution in [0.2, 0.25) is 0 Å². The second-order valence-corrected chi connectivity index (χ2v) is 7.88. The lowest BCUT2D eigenvalue weighted by molar-refractivity contribution is -0.119. The predicted octanol–water partition coefficient (Wildman–Crippen LogP) is 5.18. The van der Waals surface area contributed by atoms with Gasteiger partial charge in [-0.2, -0.15) is 5.26 Å². The van der Waals surface area contributed by atoms with Gasteiger partial charge in [0.25, 0.3) is 0 Å². The van der Waals surface area contributed by atoms with E-state index < -0.39 is 0 Å². The van der Waals surface area contributed by atoms with Gasteiger partial charge in [-0.3, -0.25) is 4.79 Å². The second kappa shape index (κ2) is 7.81. The summed E-state index contributed by atoms with van der Waals surface area (Å²) in [5, 5.41) is 12.5. The SMILES string of the molecule is CC(=O)C1C(C)=NC(SCc2ccccc2)=C(C#N)[C@@H]1c1cccs1. The fourth-order valence-electron chi connectivity index (χ4n) is 3.09. The van der Waals surface area contributed by atoms with Gasteiger partial charge >= 0.3 is 0 Å². The Balaban J connectivity index is 1.98. The number of carbonyl (C=O) groups is 1. The van der Waals surface area contributed by atoms with Gasteiger partial charge in [-0.25, -0.2) is 4.99 Å². The molecule has 3 rings (SSSR count). The number of rotatable bonds is 5. The van der Waals surface area contributed by atoms with Crippen molar-refractivity contribution in [3.05, 3.63) is 68.9 Å². The van der Waals surface area contributed by atoms with Crippen molar-refractivity contribution in [1.82, 2.24) is 0 Å². The first-order valence-electron chi connectivity index (χ1n) is 8.02. The molecule has 0 saturated heterocycles. The molecule has 1 aliphatic rings. The molecule has 0 N–H and O–H groups in total. The van der Waals surface area contributed by atoms with Crippen LogP contribution >= 0.6 is 23.1 Å². The minimum absolute atomic E-state index is 0.0551. The summed E-state index contributed by atoms with van der Waals surface area (Å²) in [6.07, 6.45) is 0. The van der Waals surface area contributed by atoms with E-state index in [2.05, 4.69) is 23.2 Å². The number of Topliss-reactive ketones (excluding diaryl/α,β-unsaturated/α-hetero) is 1. The summed E-state index contributed by atoms with van der Waals surface area (Å²) in [5.74, 6) is 0.229. The maximum Gasteiger partial charge on any atom is 0.139 e. The van der Waals surface area contributed by atoms with Gasteiger partial charge in [0.05, 0.1) is 17.6 Å². The summed E-state index contributed by atoms with van der Waals surface area (Å²) in [7, 11) is 0. The minimum atomic E-state index is -0.352. The number of aliphatic imine (C=N–C) groups is 1. The van der Waals surface area contributed by atoms with Crippen LogP contribution in [0.4, 0.5) is 0 Å². The maximum atomic E-state index is 12.2. The van der Waals surface area contributed by atoms with Crippen LogP contribution in [0, 0.1) is 17.2 Å². The van der Waals surface area contributed by atoms with E-state index in [-0.39, 0.29) is 17.6 Å². The third-order valence-corrected chi connectivity index (χ3v) is 6.25. The van der Waals surface area contributed by atoms with Crippen LogP contribution in [0.15, 0.2) is 63.4 Å². The first-order valence-corrected chi connectivity index (χ1v) is 9.88. The molecule has 5 heteroatoms. The maximum absolute atomic E-state index is 12.2. The van der Waals surface area contributed by atoms with Crippen LogP contribution in [-0.2, 0) is 10.5 Å². The van der Waals surface area contributed by atoms with Crippen LogP contribution in [-0.4, -0.2) is 11.5 Å². The molecule has 126 valence electrons. The van der Waals surface area contributed by atoms with Crippen molar-refractivity contribution in [1.29, 1.82) is 5.26 Å². The van der Waals surface area contributed by atoms with Crippen LogP contribution in [0.5, 0.6) is 0 Å². The van der Waals surface area contributed by atoms with E-state index in [4.69, 9.17) is 0 Å². The number of benzene rings is 1. The van der Waals surface area contributed by atoms with E-state index in [1.807, 2.05) is 42.6 Å². The quantitative estimate of drug-likeness (QED) is 0.732. The zero-order valence-corrected chi connectivity index (χ0v) is 15.7. The van der Waals surface area contributed by atoms with Crippen LogP contribution < -0.4 is 0 Å². The van der Waals surface area contributed by atoms with Crippen molar-refractivity contribution in [3.63, 3.8) is 0 Å². The molecule has 2 atom stereocenters. The van der Waals surface area contributed by atoms with Crippen LogP contribution in [0.3, 0.4) is 0 Å². The normalized spacial score (nSPS) is 20.1. The molecule has 0 bridgehead atoms. The number of ketones is 1. The Morgan fingerprint density at radius 2 is 2.04 bits per heavy atom. The molecule has 2 heterocycles. The number of thioether (sulfide) groups is 1. The molecule has 1 aliphatic heterocycles. The number of hydrogen-bond donors (Lipinski definition) is 0. The average Bonchev–Trinajstić information content (AvgIpc) is 3.14. The molecule has 1 aromatic heterocycles. The Bertz CT molecular complexity index is 861. The van der Waals surface area contributed by atoms with Gasteiger partial charge < -0.3 is 0 Å². The second-order valence-electron chi connectivity index (χ2n) is 5.94. The summed E-state index contributed by atoms with van der Waals surface area (Å²) < 4.78 is 0. The topological polar surface area (TPSA) is 53.2 Å². The third kappa shape index (κ3) is 3.76. The summed E-state index contributed by atoms with van der Waals surface area (Å²) in [5.41, 5.74) is 2.58. The zero-order valence-electron chi connectivity index (χ0n) is 14.1. The molecule has 1 unspecified atom stereocenters. The molecular formula is C20H18N2OS2. The highest BCUT2D eigenvalue weighted by Crippen LogP contribution is 2.44. The van der Waals surface area contributed by atoms with Crippen molar-refractivity contribution in [2.45, 2.75) is 25.5 Å². The molecule has 2 aromatic rings. The molecule has 1 aromatic carbocycles. The van der Waals surface area contributed by atoms with Crippen molar-refractivity contribution in [3.8, 4) is 6.07 Å². The molecule has 0 spiro atoms. The Kier molecular flexibility index (Phi) is 5.52. The monoisotopic (exact) mass is 366 g/mol. The highest BCUT2D eigenvalue weighted by molar-refractivity contribution is 8.02. The molecule has 0 aliphatic carbocycles. The third-order valence-electron chi connectivity index (χ3n) is 4.23. The summed E-state index contributed by atoms with van der Waals surface area (Å²) in [6.45, 7) is 3.48. The molecule has 0 saturated carbocycles. The van der Waals surface area contributed by atoms with E-state index in [1.54, 1.807) is 30.0 Å². The van der Waals surface area contributed by atoms with Crippen molar-refractivity contribution in [2.24, 2.45) is 10.9 Å². The van der Waals surface area contributed by atoms with Gasteiger partial charge in [-0.05, 0) is 30.9 Å². The fraction of sp³-hybridized carbons (Fsp3) is 0.250. The number of carbonyl (C=O) groups excluding carboxylic acids is 1. The lowest BCUT2D eigenvalue weighted by Crippen LogP contribution is -2.30. The van der Waals surface area contributed by atoms with Gasteiger partial charge in [0.1, 0.15) is 10.8 Å². The van der Waals surface area contributed by atoms with E-state index >= 15 is 0 Å². The Morgan fingerprint density at radius 1 is 1.28 bits per heavy atom.